The van der Waals surface area contributed by atoms with E-state index in [1.54, 1.807) is 6.92 Å². The van der Waals surface area contributed by atoms with Crippen LogP contribution >= 0.6 is 0 Å². The van der Waals surface area contributed by atoms with Crippen LogP contribution in [-0.2, 0) is 4.79 Å². The van der Waals surface area contributed by atoms with Crippen LogP contribution in [0, 0.1) is 24.2 Å². The summed E-state index contributed by atoms with van der Waals surface area (Å²) in [7, 11) is 0. The molecule has 0 amide bonds. The summed E-state index contributed by atoms with van der Waals surface area (Å²) in [4.78, 5) is 11.7. The van der Waals surface area contributed by atoms with Crippen molar-refractivity contribution in [3.8, 4) is 0 Å². The maximum absolute atomic E-state index is 11.7. The number of benzene rings is 1. The molecule has 1 aromatic rings. The van der Waals surface area contributed by atoms with Gasteiger partial charge in [-0.2, -0.15) is 0 Å². The normalized spacial score (nSPS) is 24.0. The second kappa shape index (κ2) is 6.98. The van der Waals surface area contributed by atoms with E-state index < -0.39 is 0 Å². The molecule has 1 aromatic carbocycles. The van der Waals surface area contributed by atoms with Crippen molar-refractivity contribution in [3.63, 3.8) is 0 Å². The highest BCUT2D eigenvalue weighted by Gasteiger charge is 2.39. The van der Waals surface area contributed by atoms with Gasteiger partial charge in [0.25, 0.3) is 0 Å². The number of hydrogen-bond acceptors (Lipinski definition) is 1. The molecule has 0 heterocycles. The molecule has 0 spiro atoms. The summed E-state index contributed by atoms with van der Waals surface area (Å²) >= 11 is 0. The van der Waals surface area contributed by atoms with E-state index in [0.717, 1.165) is 6.42 Å². The van der Waals surface area contributed by atoms with E-state index in [0.29, 0.717) is 23.5 Å². The lowest BCUT2D eigenvalue weighted by Crippen LogP contribution is -2.34. The van der Waals surface area contributed by atoms with Gasteiger partial charge in [-0.15, -0.1) is 0 Å². The molecular weight excluding hydrogens is 268 g/mol. The lowest BCUT2D eigenvalue weighted by molar-refractivity contribution is -0.118. The van der Waals surface area contributed by atoms with Crippen molar-refractivity contribution in [2.24, 2.45) is 17.3 Å². The van der Waals surface area contributed by atoms with Crippen LogP contribution in [0.3, 0.4) is 0 Å². The number of hydrogen-bond donors (Lipinski definition) is 0. The molecular formula is C21H32O. The molecule has 0 bridgehead atoms. The first kappa shape index (κ1) is 17.2. The Kier molecular flexibility index (Phi) is 5.47. The van der Waals surface area contributed by atoms with Crippen LogP contribution in [0.5, 0.6) is 0 Å². The third-order valence-corrected chi connectivity index (χ3v) is 5.40. The van der Waals surface area contributed by atoms with Crippen molar-refractivity contribution >= 4 is 5.78 Å². The molecule has 1 aliphatic rings. The highest BCUT2D eigenvalue weighted by atomic mass is 16.1. The van der Waals surface area contributed by atoms with Crippen molar-refractivity contribution in [3.05, 3.63) is 35.4 Å². The van der Waals surface area contributed by atoms with Gasteiger partial charge in [0.1, 0.15) is 5.78 Å². The molecule has 1 nitrogen and oxygen atoms in total. The van der Waals surface area contributed by atoms with E-state index in [2.05, 4.69) is 52.0 Å². The lowest BCUT2D eigenvalue weighted by atomic mass is 9.60. The van der Waals surface area contributed by atoms with Crippen LogP contribution in [0.1, 0.15) is 76.8 Å². The van der Waals surface area contributed by atoms with Gasteiger partial charge < -0.3 is 4.79 Å². The Morgan fingerprint density at radius 3 is 2.41 bits per heavy atom. The average Bonchev–Trinajstić information content (AvgIpc) is 2.41. The van der Waals surface area contributed by atoms with Crippen LogP contribution < -0.4 is 0 Å². The number of carbonyl (C=O) groups excluding carboxylic acids is 1. The standard InChI is InChI=1S/C21H32O/c1-15-10-6-8-12-18(15)20(21(3,4)5)19-13-9-7-11-17(19)14-16(2)22/h6,8,10,12,17,19-20H,7,9,11,13-14H2,1-5H3. The summed E-state index contributed by atoms with van der Waals surface area (Å²) in [6, 6.07) is 8.85. The first-order chi connectivity index (χ1) is 10.3. The van der Waals surface area contributed by atoms with Gasteiger partial charge >= 0.3 is 0 Å². The molecule has 1 fully saturated rings. The van der Waals surface area contributed by atoms with Gasteiger partial charge in [0.15, 0.2) is 0 Å². The Balaban J connectivity index is 2.39. The van der Waals surface area contributed by atoms with E-state index in [4.69, 9.17) is 0 Å². The Morgan fingerprint density at radius 2 is 1.82 bits per heavy atom. The van der Waals surface area contributed by atoms with Crippen molar-refractivity contribution in [2.75, 3.05) is 0 Å². The minimum atomic E-state index is 0.225. The van der Waals surface area contributed by atoms with Gasteiger partial charge in [0.2, 0.25) is 0 Å². The molecule has 3 unspecified atom stereocenters. The number of aryl methyl sites for hydroxylation is 1. The third kappa shape index (κ3) is 4.00. The zero-order chi connectivity index (χ0) is 16.3. The van der Waals surface area contributed by atoms with Gasteiger partial charge in [0.05, 0.1) is 0 Å². The Hall–Kier alpha value is -1.11. The SMILES string of the molecule is CC(=O)CC1CCCCC1C(c1ccccc1C)C(C)(C)C. The summed E-state index contributed by atoms with van der Waals surface area (Å²) in [5.74, 6) is 2.10. The largest absolute Gasteiger partial charge is 0.300 e. The Labute approximate surface area is 136 Å². The van der Waals surface area contributed by atoms with Gasteiger partial charge in [-0.25, -0.2) is 0 Å². The average molecular weight is 300 g/mol. The first-order valence-corrected chi connectivity index (χ1v) is 8.85. The number of rotatable bonds is 4. The van der Waals surface area contributed by atoms with E-state index in [1.807, 2.05) is 0 Å². The summed E-state index contributed by atoms with van der Waals surface area (Å²) in [6.45, 7) is 11.1. The summed E-state index contributed by atoms with van der Waals surface area (Å²) in [5.41, 5.74) is 3.12. The molecule has 22 heavy (non-hydrogen) atoms. The fraction of sp³-hybridized carbons (Fsp3) is 0.667. The first-order valence-electron chi connectivity index (χ1n) is 8.85. The smallest absolute Gasteiger partial charge is 0.130 e. The Bertz CT molecular complexity index is 509. The van der Waals surface area contributed by atoms with Gasteiger partial charge in [-0.3, -0.25) is 0 Å². The summed E-state index contributed by atoms with van der Waals surface area (Å²) in [5, 5.41) is 0. The lowest BCUT2D eigenvalue weighted by Gasteiger charge is -2.44. The predicted octanol–water partition coefficient (Wildman–Crippen LogP) is 5.91. The van der Waals surface area contributed by atoms with Crippen LogP contribution in [0.4, 0.5) is 0 Å². The van der Waals surface area contributed by atoms with E-state index >= 15 is 0 Å². The van der Waals surface area contributed by atoms with Gasteiger partial charge in [0, 0.05) is 6.42 Å². The highest BCUT2D eigenvalue weighted by molar-refractivity contribution is 5.75. The van der Waals surface area contributed by atoms with E-state index in [9.17, 15) is 4.79 Å². The van der Waals surface area contributed by atoms with Crippen LogP contribution in [0.2, 0.25) is 0 Å². The van der Waals surface area contributed by atoms with Crippen molar-refractivity contribution in [1.82, 2.24) is 0 Å². The zero-order valence-electron chi connectivity index (χ0n) is 15.0. The second-order valence-electron chi connectivity index (χ2n) is 8.31. The van der Waals surface area contributed by atoms with Crippen molar-refractivity contribution in [1.29, 1.82) is 0 Å². The molecule has 1 saturated carbocycles. The van der Waals surface area contributed by atoms with Crippen molar-refractivity contribution in [2.45, 2.75) is 72.6 Å². The summed E-state index contributed by atoms with van der Waals surface area (Å²) < 4.78 is 0. The van der Waals surface area contributed by atoms with E-state index in [-0.39, 0.29) is 5.41 Å². The molecule has 3 atom stereocenters. The maximum Gasteiger partial charge on any atom is 0.130 e. The maximum atomic E-state index is 11.7. The van der Waals surface area contributed by atoms with Crippen LogP contribution in [-0.4, -0.2) is 5.78 Å². The minimum absolute atomic E-state index is 0.225. The molecule has 0 saturated heterocycles. The topological polar surface area (TPSA) is 17.1 Å². The molecule has 0 aromatic heterocycles. The molecule has 1 heteroatoms. The van der Waals surface area contributed by atoms with Gasteiger partial charge in [-0.05, 0) is 61.0 Å². The molecule has 2 rings (SSSR count). The third-order valence-electron chi connectivity index (χ3n) is 5.40. The quantitative estimate of drug-likeness (QED) is 0.675. The van der Waals surface area contributed by atoms with Gasteiger partial charge in [-0.1, -0.05) is 57.9 Å². The fourth-order valence-electron chi connectivity index (χ4n) is 4.57. The zero-order valence-corrected chi connectivity index (χ0v) is 15.0. The monoisotopic (exact) mass is 300 g/mol. The van der Waals surface area contributed by atoms with Crippen LogP contribution in [0.15, 0.2) is 24.3 Å². The molecule has 1 aliphatic carbocycles. The number of Topliss-reactive ketones (excluding diaryl/α,β-unsaturated/α-hetero) is 1. The molecule has 122 valence electrons. The van der Waals surface area contributed by atoms with Crippen molar-refractivity contribution < 1.29 is 4.79 Å². The second-order valence-corrected chi connectivity index (χ2v) is 8.31. The summed E-state index contributed by atoms with van der Waals surface area (Å²) in [6.07, 6.45) is 5.87. The fourth-order valence-corrected chi connectivity index (χ4v) is 4.57. The number of ketones is 1. The van der Waals surface area contributed by atoms with E-state index in [1.165, 1.54) is 36.8 Å². The van der Waals surface area contributed by atoms with Crippen LogP contribution in [0.25, 0.3) is 0 Å². The predicted molar refractivity (Wildman–Crippen MR) is 94.1 cm³/mol. The Morgan fingerprint density at radius 1 is 1.18 bits per heavy atom. The molecule has 0 radical (unpaired) electrons. The number of carbonyl (C=O) groups is 1. The minimum Gasteiger partial charge on any atom is -0.300 e. The molecule has 0 aliphatic heterocycles. The molecule has 0 N–H and O–H groups in total. The highest BCUT2D eigenvalue weighted by Crippen LogP contribution is 2.50.